The average molecular weight is 593 g/mol. The predicted molar refractivity (Wildman–Crippen MR) is 170 cm³/mol. The third-order valence-corrected chi connectivity index (χ3v) is 7.31. The highest BCUT2D eigenvalue weighted by molar-refractivity contribution is 6.00. The van der Waals surface area contributed by atoms with Crippen LogP contribution >= 0.6 is 0 Å². The number of H-pyrrole nitrogens is 2. The molecule has 10 nitrogen and oxygen atoms in total. The molecular formula is C33H33FN8O2. The van der Waals surface area contributed by atoms with Crippen LogP contribution in [0.3, 0.4) is 0 Å². The van der Waals surface area contributed by atoms with Crippen LogP contribution in [0.5, 0.6) is 5.75 Å². The smallest absolute Gasteiger partial charge is 0.224 e. The Balaban J connectivity index is 1.33. The van der Waals surface area contributed by atoms with Crippen LogP contribution < -0.4 is 10.1 Å². The number of amides is 1. The second-order valence-corrected chi connectivity index (χ2v) is 10.9. The maximum absolute atomic E-state index is 14.7. The molecule has 5 heterocycles. The molecule has 0 aliphatic heterocycles. The van der Waals surface area contributed by atoms with E-state index in [0.717, 1.165) is 58.2 Å². The molecule has 0 bridgehead atoms. The van der Waals surface area contributed by atoms with Crippen molar-refractivity contribution in [3.05, 3.63) is 73.1 Å². The Morgan fingerprint density at radius 3 is 2.70 bits per heavy atom. The third kappa shape index (κ3) is 6.28. The molecule has 5 aromatic heterocycles. The summed E-state index contributed by atoms with van der Waals surface area (Å²) in [5.41, 5.74) is 6.49. The summed E-state index contributed by atoms with van der Waals surface area (Å²) in [4.78, 5) is 31.1. The molecule has 0 saturated heterocycles. The summed E-state index contributed by atoms with van der Waals surface area (Å²) in [6.45, 7) is 3.23. The molecule has 0 aliphatic carbocycles. The Morgan fingerprint density at radius 1 is 1.00 bits per heavy atom. The number of aromatic amines is 2. The first-order valence-electron chi connectivity index (χ1n) is 14.5. The van der Waals surface area contributed by atoms with Crippen molar-refractivity contribution in [2.24, 2.45) is 0 Å². The lowest BCUT2D eigenvalue weighted by molar-refractivity contribution is -0.116. The lowest BCUT2D eigenvalue weighted by Gasteiger charge is -2.12. The number of hydrogen-bond donors (Lipinski definition) is 3. The first-order valence-corrected chi connectivity index (χ1v) is 14.5. The zero-order valence-electron chi connectivity index (χ0n) is 24.8. The molecule has 1 aromatic carbocycles. The Labute approximate surface area is 253 Å². The number of pyridine rings is 3. The molecule has 0 radical (unpaired) electrons. The van der Waals surface area contributed by atoms with Crippen LogP contribution in [0.15, 0.2) is 67.3 Å². The maximum atomic E-state index is 14.7. The molecule has 44 heavy (non-hydrogen) atoms. The zero-order chi connectivity index (χ0) is 30.6. The van der Waals surface area contributed by atoms with Crippen LogP contribution in [0.4, 0.5) is 10.1 Å². The van der Waals surface area contributed by atoms with E-state index < -0.39 is 0 Å². The van der Waals surface area contributed by atoms with Crippen molar-refractivity contribution in [1.29, 1.82) is 0 Å². The van der Waals surface area contributed by atoms with Gasteiger partial charge in [-0.05, 0) is 68.0 Å². The van der Waals surface area contributed by atoms with Crippen molar-refractivity contribution in [3.8, 4) is 39.4 Å². The van der Waals surface area contributed by atoms with Gasteiger partial charge in [-0.25, -0.2) is 14.4 Å². The Bertz CT molecular complexity index is 1950. The van der Waals surface area contributed by atoms with Crippen LogP contribution in [0.2, 0.25) is 0 Å². The van der Waals surface area contributed by atoms with Crippen molar-refractivity contribution in [2.75, 3.05) is 32.6 Å². The molecule has 0 saturated carbocycles. The molecule has 1 amide bonds. The molecule has 0 fully saturated rings. The molecule has 3 N–H and O–H groups in total. The third-order valence-electron chi connectivity index (χ3n) is 7.31. The molecule has 11 heteroatoms. The minimum Gasteiger partial charge on any atom is -0.492 e. The normalized spacial score (nSPS) is 11.5. The zero-order valence-corrected chi connectivity index (χ0v) is 24.8. The Morgan fingerprint density at radius 2 is 1.86 bits per heavy atom. The van der Waals surface area contributed by atoms with E-state index in [9.17, 15) is 9.18 Å². The largest absolute Gasteiger partial charge is 0.492 e. The van der Waals surface area contributed by atoms with Crippen molar-refractivity contribution < 1.29 is 13.9 Å². The number of rotatable bonds is 11. The Hall–Kier alpha value is -5.16. The van der Waals surface area contributed by atoms with Crippen molar-refractivity contribution in [2.45, 2.75) is 26.2 Å². The fourth-order valence-corrected chi connectivity index (χ4v) is 5.05. The molecule has 6 rings (SSSR count). The molecule has 224 valence electrons. The SMILES string of the molecule is CCCCC(=O)Nc1cncc(-c2cnc3n[nH]c(-c4cc5c(-c6cc(F)cc(OCCN(C)C)c6)ccnc5[nH]4)c3c2)c1. The fourth-order valence-electron chi connectivity index (χ4n) is 5.05. The van der Waals surface area contributed by atoms with E-state index in [-0.39, 0.29) is 11.7 Å². The Kier molecular flexibility index (Phi) is 8.29. The fraction of sp³-hybridized carbons (Fsp3) is 0.242. The highest BCUT2D eigenvalue weighted by atomic mass is 19.1. The number of carbonyl (C=O) groups is 1. The summed E-state index contributed by atoms with van der Waals surface area (Å²) in [5, 5.41) is 12.1. The molecule has 0 spiro atoms. The minimum atomic E-state index is -0.375. The standard InChI is InChI=1S/C33H33FN8O2/c1-4-5-6-30(43)38-24-12-21(17-35-19-24)22-14-28-31(40-41-33(28)37-18-22)29-16-27-26(7-8-36-32(27)39-29)20-11-23(34)15-25(13-20)44-10-9-42(2)3/h7-8,11-19H,4-6,9-10H2,1-3H3,(H,36,39)(H,38,43)(H,37,40,41). The quantitative estimate of drug-likeness (QED) is 0.158. The number of anilines is 1. The van der Waals surface area contributed by atoms with E-state index >= 15 is 0 Å². The highest BCUT2D eigenvalue weighted by Crippen LogP contribution is 2.35. The number of benzene rings is 1. The van der Waals surface area contributed by atoms with E-state index in [1.807, 2.05) is 49.3 Å². The number of aromatic nitrogens is 6. The molecule has 0 unspecified atom stereocenters. The number of fused-ring (bicyclic) bond motifs is 2. The summed E-state index contributed by atoms with van der Waals surface area (Å²) in [6, 6.07) is 12.5. The average Bonchev–Trinajstić information content (AvgIpc) is 3.63. The number of nitrogens with zero attached hydrogens (tertiary/aromatic N) is 5. The van der Waals surface area contributed by atoms with Gasteiger partial charge in [0.2, 0.25) is 5.91 Å². The first kappa shape index (κ1) is 28.9. The van der Waals surface area contributed by atoms with Crippen LogP contribution in [0.25, 0.3) is 55.7 Å². The predicted octanol–water partition coefficient (Wildman–Crippen LogP) is 6.44. The van der Waals surface area contributed by atoms with Crippen LogP contribution in [-0.2, 0) is 4.79 Å². The number of hydrogen-bond acceptors (Lipinski definition) is 7. The number of unbranched alkanes of at least 4 members (excludes halogenated alkanes) is 1. The number of nitrogens with one attached hydrogen (secondary N) is 3. The summed E-state index contributed by atoms with van der Waals surface area (Å²) < 4.78 is 20.5. The van der Waals surface area contributed by atoms with Gasteiger partial charge in [-0.3, -0.25) is 14.9 Å². The van der Waals surface area contributed by atoms with E-state index in [1.165, 1.54) is 12.1 Å². The number of carbonyl (C=O) groups excluding carboxylic acids is 1. The van der Waals surface area contributed by atoms with Crippen molar-refractivity contribution >= 4 is 33.7 Å². The van der Waals surface area contributed by atoms with Gasteiger partial charge in [0.15, 0.2) is 5.65 Å². The van der Waals surface area contributed by atoms with Gasteiger partial charge in [0, 0.05) is 59.5 Å². The number of likely N-dealkylation sites (N-methyl/N-ethyl adjacent to an activating group) is 1. The van der Waals surface area contributed by atoms with Gasteiger partial charge >= 0.3 is 0 Å². The van der Waals surface area contributed by atoms with E-state index in [4.69, 9.17) is 4.74 Å². The van der Waals surface area contributed by atoms with E-state index in [2.05, 4.69) is 42.4 Å². The highest BCUT2D eigenvalue weighted by Gasteiger charge is 2.16. The van der Waals surface area contributed by atoms with Crippen LogP contribution in [-0.4, -0.2) is 68.2 Å². The van der Waals surface area contributed by atoms with Gasteiger partial charge in [0.1, 0.15) is 23.8 Å². The van der Waals surface area contributed by atoms with Gasteiger partial charge in [-0.15, -0.1) is 0 Å². The lowest BCUT2D eigenvalue weighted by Crippen LogP contribution is -2.19. The maximum Gasteiger partial charge on any atom is 0.224 e. The summed E-state index contributed by atoms with van der Waals surface area (Å²) >= 11 is 0. The molecular weight excluding hydrogens is 559 g/mol. The van der Waals surface area contributed by atoms with Gasteiger partial charge in [0.25, 0.3) is 0 Å². The monoisotopic (exact) mass is 592 g/mol. The molecule has 6 aromatic rings. The second-order valence-electron chi connectivity index (χ2n) is 10.9. The van der Waals surface area contributed by atoms with Gasteiger partial charge in [-0.2, -0.15) is 5.10 Å². The lowest BCUT2D eigenvalue weighted by atomic mass is 10.0. The second kappa shape index (κ2) is 12.6. The van der Waals surface area contributed by atoms with Crippen LogP contribution in [0, 0.1) is 5.82 Å². The molecule has 0 aliphatic rings. The van der Waals surface area contributed by atoms with Crippen LogP contribution in [0.1, 0.15) is 26.2 Å². The summed E-state index contributed by atoms with van der Waals surface area (Å²) in [5.74, 6) is 0.0646. The van der Waals surface area contributed by atoms with Gasteiger partial charge in [0.05, 0.1) is 23.3 Å². The molecule has 0 atom stereocenters. The minimum absolute atomic E-state index is 0.0328. The van der Waals surface area contributed by atoms with E-state index in [0.29, 0.717) is 41.3 Å². The van der Waals surface area contributed by atoms with E-state index in [1.54, 1.807) is 24.8 Å². The number of ether oxygens (including phenoxy) is 1. The van der Waals surface area contributed by atoms with Gasteiger partial charge < -0.3 is 19.9 Å². The first-order chi connectivity index (χ1) is 21.4. The topological polar surface area (TPSA) is 125 Å². The summed E-state index contributed by atoms with van der Waals surface area (Å²) in [6.07, 6.45) is 9.06. The van der Waals surface area contributed by atoms with Crippen molar-refractivity contribution in [3.63, 3.8) is 0 Å². The van der Waals surface area contributed by atoms with Crippen molar-refractivity contribution in [1.82, 2.24) is 35.0 Å². The van der Waals surface area contributed by atoms with Gasteiger partial charge in [-0.1, -0.05) is 13.3 Å². The number of halogens is 1. The summed E-state index contributed by atoms with van der Waals surface area (Å²) in [7, 11) is 3.92.